The van der Waals surface area contributed by atoms with E-state index in [0.717, 1.165) is 5.56 Å². The molecule has 2 N–H and O–H groups in total. The molecule has 5 nitrogen and oxygen atoms in total. The SMILES string of the molecule is CC(NC(=O)CCNS(=O)(=O)c1ccc(Cl)cc1)c1ccccc1. The van der Waals surface area contributed by atoms with Crippen LogP contribution in [-0.4, -0.2) is 20.9 Å². The van der Waals surface area contributed by atoms with Crippen molar-refractivity contribution in [1.29, 1.82) is 0 Å². The first kappa shape index (κ1) is 18.4. The maximum atomic E-state index is 12.1. The van der Waals surface area contributed by atoms with Crippen molar-refractivity contribution in [2.75, 3.05) is 6.54 Å². The number of carbonyl (C=O) groups excluding carboxylic acids is 1. The third-order valence-corrected chi connectivity index (χ3v) is 5.17. The maximum absolute atomic E-state index is 12.1. The molecule has 0 aliphatic heterocycles. The molecule has 0 aromatic heterocycles. The predicted octanol–water partition coefficient (Wildman–Crippen LogP) is 2.89. The summed E-state index contributed by atoms with van der Waals surface area (Å²) in [4.78, 5) is 12.0. The second-order valence-electron chi connectivity index (χ2n) is 5.30. The van der Waals surface area contributed by atoms with Crippen LogP contribution in [0.15, 0.2) is 59.5 Å². The van der Waals surface area contributed by atoms with Crippen LogP contribution < -0.4 is 10.0 Å². The minimum Gasteiger partial charge on any atom is -0.350 e. The zero-order chi connectivity index (χ0) is 17.6. The van der Waals surface area contributed by atoms with E-state index in [2.05, 4.69) is 10.0 Å². The van der Waals surface area contributed by atoms with Crippen LogP contribution in [0.3, 0.4) is 0 Å². The molecule has 0 bridgehead atoms. The molecular weight excluding hydrogens is 348 g/mol. The largest absolute Gasteiger partial charge is 0.350 e. The predicted molar refractivity (Wildman–Crippen MR) is 94.3 cm³/mol. The van der Waals surface area contributed by atoms with Gasteiger partial charge in [0.25, 0.3) is 0 Å². The van der Waals surface area contributed by atoms with Crippen LogP contribution in [-0.2, 0) is 14.8 Å². The van der Waals surface area contributed by atoms with E-state index in [1.807, 2.05) is 37.3 Å². The second-order valence-corrected chi connectivity index (χ2v) is 7.50. The number of sulfonamides is 1. The monoisotopic (exact) mass is 366 g/mol. The number of carbonyl (C=O) groups is 1. The molecule has 0 radical (unpaired) electrons. The number of nitrogens with one attached hydrogen (secondary N) is 2. The third-order valence-electron chi connectivity index (χ3n) is 3.45. The average Bonchev–Trinajstić information content (AvgIpc) is 2.56. The molecule has 0 aliphatic rings. The summed E-state index contributed by atoms with van der Waals surface area (Å²) in [6, 6.07) is 15.3. The minimum absolute atomic E-state index is 0.0261. The van der Waals surface area contributed by atoms with Gasteiger partial charge in [-0.1, -0.05) is 41.9 Å². The number of hydrogen-bond donors (Lipinski definition) is 2. The van der Waals surface area contributed by atoms with Crippen molar-refractivity contribution in [3.05, 3.63) is 65.2 Å². The van der Waals surface area contributed by atoms with Crippen LogP contribution in [0.1, 0.15) is 24.9 Å². The summed E-state index contributed by atoms with van der Waals surface area (Å²) in [6.07, 6.45) is 0.0595. The molecule has 128 valence electrons. The van der Waals surface area contributed by atoms with Gasteiger partial charge >= 0.3 is 0 Å². The van der Waals surface area contributed by atoms with E-state index in [0.29, 0.717) is 5.02 Å². The molecule has 2 rings (SSSR count). The van der Waals surface area contributed by atoms with Gasteiger partial charge in [-0.3, -0.25) is 4.79 Å². The van der Waals surface area contributed by atoms with Crippen LogP contribution in [0.2, 0.25) is 5.02 Å². The molecule has 2 aromatic carbocycles. The molecule has 2 aromatic rings. The highest BCUT2D eigenvalue weighted by molar-refractivity contribution is 7.89. The van der Waals surface area contributed by atoms with Crippen molar-refractivity contribution < 1.29 is 13.2 Å². The van der Waals surface area contributed by atoms with Gasteiger partial charge in [0.1, 0.15) is 0 Å². The second kappa shape index (κ2) is 8.28. The fraction of sp³-hybridized carbons (Fsp3) is 0.235. The Morgan fingerprint density at radius 2 is 1.71 bits per heavy atom. The summed E-state index contributed by atoms with van der Waals surface area (Å²) in [5.74, 6) is -0.217. The topological polar surface area (TPSA) is 75.3 Å². The van der Waals surface area contributed by atoms with Crippen molar-refractivity contribution in [1.82, 2.24) is 10.0 Å². The van der Waals surface area contributed by atoms with E-state index < -0.39 is 10.0 Å². The van der Waals surface area contributed by atoms with E-state index in [4.69, 9.17) is 11.6 Å². The summed E-state index contributed by atoms with van der Waals surface area (Å²) in [7, 11) is -3.64. The standard InChI is InChI=1S/C17H19ClN2O3S/c1-13(14-5-3-2-4-6-14)20-17(21)11-12-19-24(22,23)16-9-7-15(18)8-10-16/h2-10,13,19H,11-12H2,1H3,(H,20,21). The summed E-state index contributed by atoms with van der Waals surface area (Å²) < 4.78 is 26.6. The smallest absolute Gasteiger partial charge is 0.240 e. The zero-order valence-electron chi connectivity index (χ0n) is 13.2. The van der Waals surface area contributed by atoms with Crippen LogP contribution in [0.25, 0.3) is 0 Å². The van der Waals surface area contributed by atoms with Gasteiger partial charge in [-0.15, -0.1) is 0 Å². The molecule has 0 fully saturated rings. The molecule has 7 heteroatoms. The lowest BCUT2D eigenvalue weighted by Gasteiger charge is -2.14. The maximum Gasteiger partial charge on any atom is 0.240 e. The lowest BCUT2D eigenvalue weighted by atomic mass is 10.1. The molecule has 1 atom stereocenters. The Kier molecular flexibility index (Phi) is 6.36. The molecule has 1 unspecified atom stereocenters. The molecular formula is C17H19ClN2O3S. The molecule has 0 heterocycles. The van der Waals surface area contributed by atoms with E-state index >= 15 is 0 Å². The number of halogens is 1. The molecule has 0 saturated heterocycles. The van der Waals surface area contributed by atoms with Gasteiger partial charge in [0, 0.05) is 18.0 Å². The molecule has 0 spiro atoms. The third kappa shape index (κ3) is 5.33. The molecule has 0 saturated carbocycles. The van der Waals surface area contributed by atoms with Gasteiger partial charge in [0.05, 0.1) is 10.9 Å². The van der Waals surface area contributed by atoms with Crippen molar-refractivity contribution >= 4 is 27.5 Å². The average molecular weight is 367 g/mol. The number of rotatable bonds is 7. The molecule has 24 heavy (non-hydrogen) atoms. The molecule has 0 aliphatic carbocycles. The van der Waals surface area contributed by atoms with Crippen LogP contribution >= 0.6 is 11.6 Å². The van der Waals surface area contributed by atoms with Gasteiger partial charge in [0.2, 0.25) is 15.9 Å². The van der Waals surface area contributed by atoms with Gasteiger partial charge < -0.3 is 5.32 Å². The molecule has 1 amide bonds. The summed E-state index contributed by atoms with van der Waals surface area (Å²) in [5.41, 5.74) is 0.993. The van der Waals surface area contributed by atoms with Crippen molar-refractivity contribution in [3.63, 3.8) is 0 Å². The lowest BCUT2D eigenvalue weighted by molar-refractivity contribution is -0.121. The summed E-state index contributed by atoms with van der Waals surface area (Å²) >= 11 is 5.74. The van der Waals surface area contributed by atoms with Crippen molar-refractivity contribution in [2.24, 2.45) is 0 Å². The Bertz CT molecular complexity index is 777. The zero-order valence-corrected chi connectivity index (χ0v) is 14.8. The van der Waals surface area contributed by atoms with E-state index in [-0.39, 0.29) is 29.8 Å². The summed E-state index contributed by atoms with van der Waals surface area (Å²) in [6.45, 7) is 1.91. The minimum atomic E-state index is -3.64. The number of benzene rings is 2. The Morgan fingerprint density at radius 3 is 2.33 bits per heavy atom. The van der Waals surface area contributed by atoms with E-state index in [9.17, 15) is 13.2 Å². The Balaban J connectivity index is 1.83. The first-order chi connectivity index (χ1) is 11.4. The quantitative estimate of drug-likeness (QED) is 0.791. The summed E-state index contributed by atoms with van der Waals surface area (Å²) in [5, 5.41) is 3.30. The van der Waals surface area contributed by atoms with Crippen molar-refractivity contribution in [2.45, 2.75) is 24.3 Å². The normalized spacial score (nSPS) is 12.6. The first-order valence-corrected chi connectivity index (χ1v) is 9.34. The van der Waals surface area contributed by atoms with Gasteiger partial charge in [0.15, 0.2) is 0 Å². The van der Waals surface area contributed by atoms with Crippen molar-refractivity contribution in [3.8, 4) is 0 Å². The number of hydrogen-bond acceptors (Lipinski definition) is 3. The number of amides is 1. The highest BCUT2D eigenvalue weighted by Gasteiger charge is 2.15. The Morgan fingerprint density at radius 1 is 1.08 bits per heavy atom. The fourth-order valence-electron chi connectivity index (χ4n) is 2.13. The van der Waals surface area contributed by atoms with E-state index in [1.165, 1.54) is 24.3 Å². The van der Waals surface area contributed by atoms with Gasteiger partial charge in [-0.25, -0.2) is 13.1 Å². The Labute approximate surface area is 147 Å². The fourth-order valence-corrected chi connectivity index (χ4v) is 3.29. The van der Waals surface area contributed by atoms with Gasteiger partial charge in [-0.05, 0) is 36.8 Å². The lowest BCUT2D eigenvalue weighted by Crippen LogP contribution is -2.32. The van der Waals surface area contributed by atoms with E-state index in [1.54, 1.807) is 0 Å². The van der Waals surface area contributed by atoms with Crippen LogP contribution in [0, 0.1) is 0 Å². The van der Waals surface area contributed by atoms with Crippen LogP contribution in [0.5, 0.6) is 0 Å². The highest BCUT2D eigenvalue weighted by Crippen LogP contribution is 2.14. The van der Waals surface area contributed by atoms with Crippen LogP contribution in [0.4, 0.5) is 0 Å². The Hall–Kier alpha value is -1.89. The first-order valence-electron chi connectivity index (χ1n) is 7.48. The van der Waals surface area contributed by atoms with Gasteiger partial charge in [-0.2, -0.15) is 0 Å². The highest BCUT2D eigenvalue weighted by atomic mass is 35.5.